The van der Waals surface area contributed by atoms with Gasteiger partial charge in [-0.3, -0.25) is 0 Å². The summed E-state index contributed by atoms with van der Waals surface area (Å²) in [4.78, 5) is 2.47. The maximum Gasteiger partial charge on any atom is 0.0547 e. The molecule has 9 rings (SSSR count). The van der Waals surface area contributed by atoms with Crippen molar-refractivity contribution in [2.24, 2.45) is 0 Å². The standard InChI is InChI=1S/C44H29NS/c1-3-13-30(14-4-1)34-24-26-38-40-29-42(37-20-9-10-21-39(37)44(40)46-43(38)28-34)45(35-25-23-31-15-7-8-18-33(31)27-35)41-22-12-11-19-36(41)32-16-5-2-6-17-32/h1-29H. The number of benzene rings is 8. The molecule has 1 heterocycles. The van der Waals surface area contributed by atoms with E-state index in [1.54, 1.807) is 0 Å². The van der Waals surface area contributed by atoms with Crippen molar-refractivity contribution in [3.8, 4) is 22.3 Å². The molecule has 0 atom stereocenters. The van der Waals surface area contributed by atoms with Crippen LogP contribution in [0.15, 0.2) is 176 Å². The van der Waals surface area contributed by atoms with Crippen LogP contribution in [0.4, 0.5) is 17.1 Å². The Morgan fingerprint density at radius 1 is 0.370 bits per heavy atom. The molecular weight excluding hydrogens is 575 g/mol. The van der Waals surface area contributed by atoms with Crippen molar-refractivity contribution < 1.29 is 0 Å². The van der Waals surface area contributed by atoms with Crippen LogP contribution in [0, 0.1) is 0 Å². The van der Waals surface area contributed by atoms with E-state index in [0.717, 1.165) is 11.4 Å². The lowest BCUT2D eigenvalue weighted by atomic mass is 9.98. The molecule has 0 fully saturated rings. The Balaban J connectivity index is 1.35. The van der Waals surface area contributed by atoms with Crippen molar-refractivity contribution in [3.63, 3.8) is 0 Å². The summed E-state index contributed by atoms with van der Waals surface area (Å²) in [5.74, 6) is 0. The van der Waals surface area contributed by atoms with Gasteiger partial charge < -0.3 is 4.90 Å². The molecule has 0 amide bonds. The highest BCUT2D eigenvalue weighted by molar-refractivity contribution is 7.26. The molecule has 9 aromatic rings. The van der Waals surface area contributed by atoms with Gasteiger partial charge in [0, 0.05) is 42.2 Å². The Kier molecular flexibility index (Phi) is 6.40. The Bertz CT molecular complexity index is 2530. The number of nitrogens with zero attached hydrogens (tertiary/aromatic N) is 1. The molecule has 0 saturated heterocycles. The summed E-state index contributed by atoms with van der Waals surface area (Å²) in [6.45, 7) is 0. The van der Waals surface area contributed by atoms with Gasteiger partial charge in [-0.15, -0.1) is 11.3 Å². The van der Waals surface area contributed by atoms with Gasteiger partial charge in [0.25, 0.3) is 0 Å². The second kappa shape index (κ2) is 11.0. The van der Waals surface area contributed by atoms with Crippen LogP contribution < -0.4 is 4.90 Å². The number of hydrogen-bond acceptors (Lipinski definition) is 2. The van der Waals surface area contributed by atoms with Crippen molar-refractivity contribution in [1.82, 2.24) is 0 Å². The van der Waals surface area contributed by atoms with Gasteiger partial charge in [-0.2, -0.15) is 0 Å². The third-order valence-corrected chi connectivity index (χ3v) is 10.2. The van der Waals surface area contributed by atoms with E-state index in [-0.39, 0.29) is 0 Å². The van der Waals surface area contributed by atoms with Gasteiger partial charge in [0.1, 0.15) is 0 Å². The molecule has 0 saturated carbocycles. The smallest absolute Gasteiger partial charge is 0.0547 e. The first-order chi connectivity index (χ1) is 22.8. The van der Waals surface area contributed by atoms with Crippen LogP contribution >= 0.6 is 11.3 Å². The normalized spacial score (nSPS) is 11.5. The predicted molar refractivity (Wildman–Crippen MR) is 200 cm³/mol. The topological polar surface area (TPSA) is 3.24 Å². The van der Waals surface area contributed by atoms with Gasteiger partial charge in [-0.05, 0) is 57.8 Å². The molecule has 0 aliphatic rings. The fourth-order valence-electron chi connectivity index (χ4n) is 6.83. The van der Waals surface area contributed by atoms with Gasteiger partial charge in [-0.25, -0.2) is 0 Å². The first kappa shape index (κ1) is 26.7. The zero-order valence-corrected chi connectivity index (χ0v) is 25.9. The summed E-state index contributed by atoms with van der Waals surface area (Å²) in [5, 5.41) is 7.56. The first-order valence-electron chi connectivity index (χ1n) is 15.7. The van der Waals surface area contributed by atoms with Gasteiger partial charge in [-0.1, -0.05) is 146 Å². The van der Waals surface area contributed by atoms with Gasteiger partial charge in [0.15, 0.2) is 0 Å². The van der Waals surface area contributed by atoms with E-state index < -0.39 is 0 Å². The molecule has 0 bridgehead atoms. The number of thiophene rings is 1. The van der Waals surface area contributed by atoms with E-state index in [0.29, 0.717) is 0 Å². The minimum atomic E-state index is 1.14. The fraction of sp³-hybridized carbons (Fsp3) is 0. The Morgan fingerprint density at radius 2 is 1.04 bits per heavy atom. The predicted octanol–water partition coefficient (Wildman–Crippen LogP) is 13.2. The van der Waals surface area contributed by atoms with E-state index >= 15 is 0 Å². The summed E-state index contributed by atoms with van der Waals surface area (Å²) < 4.78 is 2.63. The monoisotopic (exact) mass is 603 g/mol. The largest absolute Gasteiger partial charge is 0.309 e. The molecule has 8 aromatic carbocycles. The highest BCUT2D eigenvalue weighted by Gasteiger charge is 2.22. The number of anilines is 3. The van der Waals surface area contributed by atoms with Crippen molar-refractivity contribution in [1.29, 1.82) is 0 Å². The molecule has 0 N–H and O–H groups in total. The van der Waals surface area contributed by atoms with E-state index in [4.69, 9.17) is 0 Å². The number of rotatable bonds is 5. The van der Waals surface area contributed by atoms with Crippen LogP contribution in [-0.2, 0) is 0 Å². The maximum absolute atomic E-state index is 2.47. The van der Waals surface area contributed by atoms with Gasteiger partial charge in [0.2, 0.25) is 0 Å². The highest BCUT2D eigenvalue weighted by atomic mass is 32.1. The van der Waals surface area contributed by atoms with E-state index in [1.165, 1.54) is 69.7 Å². The van der Waals surface area contributed by atoms with Crippen molar-refractivity contribution in [2.75, 3.05) is 4.90 Å². The Morgan fingerprint density at radius 3 is 1.87 bits per heavy atom. The Labute approximate surface area is 272 Å². The van der Waals surface area contributed by atoms with Crippen LogP contribution in [0.2, 0.25) is 0 Å². The summed E-state index contributed by atoms with van der Waals surface area (Å²) in [5.41, 5.74) is 8.35. The maximum atomic E-state index is 2.47. The van der Waals surface area contributed by atoms with E-state index in [2.05, 4.69) is 181 Å². The third kappa shape index (κ3) is 4.46. The number of para-hydroxylation sites is 1. The van der Waals surface area contributed by atoms with Crippen LogP contribution in [0.3, 0.4) is 0 Å². The second-order valence-electron chi connectivity index (χ2n) is 11.7. The third-order valence-electron chi connectivity index (χ3n) is 9.03. The van der Waals surface area contributed by atoms with E-state index in [1.807, 2.05) is 11.3 Å². The average Bonchev–Trinajstić information content (AvgIpc) is 3.51. The summed E-state index contributed by atoms with van der Waals surface area (Å²) in [6.07, 6.45) is 0. The number of fused-ring (bicyclic) bond motifs is 6. The summed E-state index contributed by atoms with van der Waals surface area (Å²) >= 11 is 1.90. The van der Waals surface area contributed by atoms with Crippen LogP contribution in [0.25, 0.3) is 64.0 Å². The molecule has 0 aliphatic carbocycles. The van der Waals surface area contributed by atoms with Gasteiger partial charge >= 0.3 is 0 Å². The lowest BCUT2D eigenvalue weighted by molar-refractivity contribution is 1.31. The summed E-state index contributed by atoms with van der Waals surface area (Å²) in [6, 6.07) is 63.9. The molecule has 1 aromatic heterocycles. The molecule has 46 heavy (non-hydrogen) atoms. The first-order valence-corrected chi connectivity index (χ1v) is 16.5. The van der Waals surface area contributed by atoms with Crippen molar-refractivity contribution in [2.45, 2.75) is 0 Å². The fourth-order valence-corrected chi connectivity index (χ4v) is 8.09. The molecule has 0 spiro atoms. The lowest BCUT2D eigenvalue weighted by Crippen LogP contribution is -2.12. The van der Waals surface area contributed by atoms with Crippen LogP contribution in [0.1, 0.15) is 0 Å². The average molecular weight is 604 g/mol. The van der Waals surface area contributed by atoms with Crippen molar-refractivity contribution in [3.05, 3.63) is 176 Å². The Hall–Kier alpha value is -5.70. The minimum Gasteiger partial charge on any atom is -0.309 e. The molecule has 0 unspecified atom stereocenters. The number of hydrogen-bond donors (Lipinski definition) is 0. The SMILES string of the molecule is c1ccc(-c2ccc3c(c2)sc2c4ccccc4c(N(c4ccc5ccccc5c4)c4ccccc4-c4ccccc4)cc32)cc1. The minimum absolute atomic E-state index is 1.14. The van der Waals surface area contributed by atoms with Crippen LogP contribution in [-0.4, -0.2) is 0 Å². The zero-order valence-electron chi connectivity index (χ0n) is 25.1. The molecule has 2 heteroatoms. The molecule has 216 valence electrons. The molecule has 1 nitrogen and oxygen atoms in total. The quantitative estimate of drug-likeness (QED) is 0.189. The molecule has 0 radical (unpaired) electrons. The van der Waals surface area contributed by atoms with Crippen LogP contribution in [0.5, 0.6) is 0 Å². The van der Waals surface area contributed by atoms with Crippen molar-refractivity contribution >= 4 is 70.1 Å². The zero-order chi connectivity index (χ0) is 30.5. The lowest BCUT2D eigenvalue weighted by Gasteiger charge is -2.29. The highest BCUT2D eigenvalue weighted by Crippen LogP contribution is 2.48. The summed E-state index contributed by atoms with van der Waals surface area (Å²) in [7, 11) is 0. The molecular formula is C44H29NS. The second-order valence-corrected chi connectivity index (χ2v) is 12.8. The molecule has 0 aliphatic heterocycles. The van der Waals surface area contributed by atoms with Gasteiger partial charge in [0.05, 0.1) is 11.4 Å². The van der Waals surface area contributed by atoms with E-state index in [9.17, 15) is 0 Å².